The van der Waals surface area contributed by atoms with Crippen LogP contribution in [-0.4, -0.2) is 5.91 Å². The molecule has 184 valence electrons. The average molecular weight is 559 g/mol. The number of anilines is 3. The highest BCUT2D eigenvalue weighted by molar-refractivity contribution is 9.10. The first-order valence-electron chi connectivity index (χ1n) is 12.3. The lowest BCUT2D eigenvalue weighted by Gasteiger charge is -2.21. The number of carbonyl (C=O) groups excluding carboxylic acids is 1. The number of amides is 1. The zero-order chi connectivity index (χ0) is 25.9. The van der Waals surface area contributed by atoms with Gasteiger partial charge in [0.05, 0.1) is 5.70 Å². The van der Waals surface area contributed by atoms with E-state index in [0.717, 1.165) is 44.1 Å². The molecule has 1 aliphatic rings. The Bertz CT molecular complexity index is 1640. The molecule has 0 saturated heterocycles. The molecule has 0 saturated carbocycles. The fourth-order valence-electron chi connectivity index (χ4n) is 4.43. The van der Waals surface area contributed by atoms with Crippen molar-refractivity contribution < 1.29 is 9.21 Å². The summed E-state index contributed by atoms with van der Waals surface area (Å²) in [6.45, 7) is 0. The minimum atomic E-state index is -0.103. The lowest BCUT2D eigenvalue weighted by Crippen LogP contribution is -2.24. The molecule has 0 aliphatic carbocycles. The monoisotopic (exact) mass is 558 g/mol. The number of benzene rings is 4. The molecular weight excluding hydrogens is 536 g/mol. The fraction of sp³-hybridized carbons (Fsp3) is 0. The standard InChI is InChI=1S/C33H23BrN2O2/c34-26-13-11-24(12-14-26)32-20-19-30(38-32)21-25-22-31(23-7-3-1-4-8-23)36(33(25)37)29-17-15-28(16-18-29)35-27-9-5-2-6-10-27/h1-22,35H/b25-21+. The van der Waals surface area contributed by atoms with Crippen LogP contribution in [0.15, 0.2) is 142 Å². The smallest absolute Gasteiger partial charge is 0.263 e. The first-order chi connectivity index (χ1) is 18.6. The third-order valence-corrected chi connectivity index (χ3v) is 6.82. The van der Waals surface area contributed by atoms with E-state index in [2.05, 4.69) is 21.2 Å². The van der Waals surface area contributed by atoms with E-state index in [1.807, 2.05) is 127 Å². The Hall–Kier alpha value is -4.61. The van der Waals surface area contributed by atoms with Crippen LogP contribution in [0.2, 0.25) is 0 Å². The maximum atomic E-state index is 13.7. The predicted octanol–water partition coefficient (Wildman–Crippen LogP) is 8.92. The Labute approximate surface area is 229 Å². The molecule has 1 N–H and O–H groups in total. The van der Waals surface area contributed by atoms with Crippen molar-refractivity contribution in [1.82, 2.24) is 0 Å². The molecule has 38 heavy (non-hydrogen) atoms. The number of rotatable bonds is 6. The summed E-state index contributed by atoms with van der Waals surface area (Å²) in [5.74, 6) is 1.27. The number of halogens is 1. The van der Waals surface area contributed by atoms with Crippen molar-refractivity contribution in [1.29, 1.82) is 0 Å². The van der Waals surface area contributed by atoms with E-state index in [0.29, 0.717) is 11.3 Å². The van der Waals surface area contributed by atoms with E-state index in [1.54, 1.807) is 11.0 Å². The second-order valence-electron chi connectivity index (χ2n) is 8.88. The molecule has 6 rings (SSSR count). The summed E-state index contributed by atoms with van der Waals surface area (Å²) in [6, 6.07) is 39.6. The Kier molecular flexibility index (Phi) is 6.51. The van der Waals surface area contributed by atoms with Gasteiger partial charge >= 0.3 is 0 Å². The topological polar surface area (TPSA) is 45.5 Å². The molecule has 0 bridgehead atoms. The van der Waals surface area contributed by atoms with Gasteiger partial charge in [0.1, 0.15) is 11.5 Å². The van der Waals surface area contributed by atoms with E-state index in [-0.39, 0.29) is 5.91 Å². The normalized spacial score (nSPS) is 14.1. The number of carbonyl (C=O) groups is 1. The van der Waals surface area contributed by atoms with Crippen molar-refractivity contribution in [2.24, 2.45) is 0 Å². The Morgan fingerprint density at radius 3 is 2.05 bits per heavy atom. The van der Waals surface area contributed by atoms with Crippen molar-refractivity contribution in [3.8, 4) is 11.3 Å². The molecule has 0 radical (unpaired) electrons. The number of furan rings is 1. The third kappa shape index (κ3) is 4.97. The first kappa shape index (κ1) is 23.8. The van der Waals surface area contributed by atoms with Gasteiger partial charge in [-0.25, -0.2) is 0 Å². The number of hydrogen-bond donors (Lipinski definition) is 1. The van der Waals surface area contributed by atoms with Crippen LogP contribution in [0.5, 0.6) is 0 Å². The first-order valence-corrected chi connectivity index (χ1v) is 13.0. The predicted molar refractivity (Wildman–Crippen MR) is 158 cm³/mol. The van der Waals surface area contributed by atoms with Crippen LogP contribution < -0.4 is 10.2 Å². The summed E-state index contributed by atoms with van der Waals surface area (Å²) in [5, 5.41) is 3.39. The van der Waals surface area contributed by atoms with Gasteiger partial charge in [-0.15, -0.1) is 0 Å². The van der Waals surface area contributed by atoms with Gasteiger partial charge in [-0.05, 0) is 78.4 Å². The molecule has 4 nitrogen and oxygen atoms in total. The lowest BCUT2D eigenvalue weighted by molar-refractivity contribution is -0.113. The molecule has 0 fully saturated rings. The van der Waals surface area contributed by atoms with E-state index >= 15 is 0 Å². The fourth-order valence-corrected chi connectivity index (χ4v) is 4.69. The molecular formula is C33H23BrN2O2. The van der Waals surface area contributed by atoms with Gasteiger partial charge in [-0.2, -0.15) is 0 Å². The highest BCUT2D eigenvalue weighted by Gasteiger charge is 2.30. The number of hydrogen-bond acceptors (Lipinski definition) is 3. The molecule has 0 unspecified atom stereocenters. The average Bonchev–Trinajstić information content (AvgIpc) is 3.55. The van der Waals surface area contributed by atoms with Crippen molar-refractivity contribution in [3.63, 3.8) is 0 Å². The Morgan fingerprint density at radius 1 is 0.684 bits per heavy atom. The number of para-hydroxylation sites is 1. The minimum Gasteiger partial charge on any atom is -0.457 e. The van der Waals surface area contributed by atoms with Gasteiger partial charge in [-0.3, -0.25) is 9.69 Å². The largest absolute Gasteiger partial charge is 0.457 e. The summed E-state index contributed by atoms with van der Waals surface area (Å²) < 4.78 is 7.08. The minimum absolute atomic E-state index is 0.103. The van der Waals surface area contributed by atoms with E-state index in [1.165, 1.54) is 0 Å². The summed E-state index contributed by atoms with van der Waals surface area (Å²) in [7, 11) is 0. The molecule has 1 aromatic heterocycles. The van der Waals surface area contributed by atoms with Gasteiger partial charge in [0, 0.05) is 32.7 Å². The summed E-state index contributed by atoms with van der Waals surface area (Å²) in [5.41, 5.74) is 6.07. The highest BCUT2D eigenvalue weighted by Crippen LogP contribution is 2.36. The van der Waals surface area contributed by atoms with E-state index < -0.39 is 0 Å². The zero-order valence-electron chi connectivity index (χ0n) is 20.3. The van der Waals surface area contributed by atoms with Crippen LogP contribution >= 0.6 is 15.9 Å². The quantitative estimate of drug-likeness (QED) is 0.211. The summed E-state index contributed by atoms with van der Waals surface area (Å²) in [6.07, 6.45) is 3.73. The van der Waals surface area contributed by atoms with Crippen LogP contribution in [0.3, 0.4) is 0 Å². The Balaban J connectivity index is 1.32. The van der Waals surface area contributed by atoms with Crippen LogP contribution in [0.25, 0.3) is 23.1 Å². The SMILES string of the molecule is O=C1/C(=C/c2ccc(-c3ccc(Br)cc3)o2)C=C(c2ccccc2)N1c1ccc(Nc2ccccc2)cc1. The van der Waals surface area contributed by atoms with Crippen molar-refractivity contribution in [2.45, 2.75) is 0 Å². The second kappa shape index (κ2) is 10.4. The number of nitrogens with one attached hydrogen (secondary N) is 1. The number of nitrogens with zero attached hydrogens (tertiary/aromatic N) is 1. The van der Waals surface area contributed by atoms with Crippen LogP contribution in [0, 0.1) is 0 Å². The Morgan fingerprint density at radius 2 is 1.34 bits per heavy atom. The van der Waals surface area contributed by atoms with E-state index in [9.17, 15) is 4.79 Å². The van der Waals surface area contributed by atoms with Gasteiger partial charge < -0.3 is 9.73 Å². The maximum absolute atomic E-state index is 13.7. The summed E-state index contributed by atoms with van der Waals surface area (Å²) in [4.78, 5) is 15.5. The van der Waals surface area contributed by atoms with Gasteiger partial charge in [-0.1, -0.05) is 76.6 Å². The molecule has 5 heteroatoms. The van der Waals surface area contributed by atoms with E-state index in [4.69, 9.17) is 4.42 Å². The van der Waals surface area contributed by atoms with Crippen molar-refractivity contribution >= 4 is 50.7 Å². The van der Waals surface area contributed by atoms with Crippen molar-refractivity contribution in [3.05, 3.63) is 149 Å². The van der Waals surface area contributed by atoms with Gasteiger partial charge in [0.15, 0.2) is 0 Å². The molecule has 4 aromatic carbocycles. The highest BCUT2D eigenvalue weighted by atomic mass is 79.9. The van der Waals surface area contributed by atoms with Crippen LogP contribution in [-0.2, 0) is 4.79 Å². The van der Waals surface area contributed by atoms with Crippen molar-refractivity contribution in [2.75, 3.05) is 10.2 Å². The molecule has 1 amide bonds. The van der Waals surface area contributed by atoms with Crippen LogP contribution in [0.1, 0.15) is 11.3 Å². The van der Waals surface area contributed by atoms with Gasteiger partial charge in [0.2, 0.25) is 0 Å². The molecule has 2 heterocycles. The molecule has 1 aliphatic heterocycles. The van der Waals surface area contributed by atoms with Crippen LogP contribution in [0.4, 0.5) is 17.1 Å². The summed E-state index contributed by atoms with van der Waals surface area (Å²) >= 11 is 3.46. The maximum Gasteiger partial charge on any atom is 0.263 e. The molecule has 5 aromatic rings. The molecule has 0 spiro atoms. The lowest BCUT2D eigenvalue weighted by atomic mass is 10.1. The van der Waals surface area contributed by atoms with Gasteiger partial charge in [0.25, 0.3) is 5.91 Å². The molecule has 0 atom stereocenters. The second-order valence-corrected chi connectivity index (χ2v) is 9.80. The third-order valence-electron chi connectivity index (χ3n) is 6.29. The zero-order valence-corrected chi connectivity index (χ0v) is 21.9.